The molecule has 3 N–H and O–H groups in total. The van der Waals surface area contributed by atoms with Crippen molar-refractivity contribution in [3.05, 3.63) is 70.3 Å². The zero-order chi connectivity index (χ0) is 29.5. The predicted molar refractivity (Wildman–Crippen MR) is 159 cm³/mol. The third kappa shape index (κ3) is 7.71. The van der Waals surface area contributed by atoms with Crippen LogP contribution in [0.3, 0.4) is 0 Å². The van der Waals surface area contributed by atoms with Crippen molar-refractivity contribution < 1.29 is 24.9 Å². The number of β-amino-alcohol motifs (C(OH)–C–C–N with tert-alkyl or cyclic N) is 2. The summed E-state index contributed by atoms with van der Waals surface area (Å²) in [5.74, 6) is -0.228. The maximum Gasteiger partial charge on any atom is 0.254 e. The molecule has 2 amide bonds. The van der Waals surface area contributed by atoms with E-state index in [4.69, 9.17) is 0 Å². The third-order valence-corrected chi connectivity index (χ3v) is 8.23. The summed E-state index contributed by atoms with van der Waals surface area (Å²) in [6, 6.07) is 13.2. The van der Waals surface area contributed by atoms with E-state index in [2.05, 4.69) is 6.92 Å². The van der Waals surface area contributed by atoms with Crippen LogP contribution in [0.4, 0.5) is 0 Å². The highest BCUT2D eigenvalue weighted by molar-refractivity contribution is 5.97. The Morgan fingerprint density at radius 3 is 2.20 bits per heavy atom. The number of benzene rings is 2. The van der Waals surface area contributed by atoms with E-state index in [9.17, 15) is 24.9 Å². The lowest BCUT2D eigenvalue weighted by atomic mass is 9.92. The molecular formula is C33H48N2O5. The normalized spacial score (nSPS) is 15.6. The molecule has 0 radical (unpaired) electrons. The molecule has 0 bridgehead atoms. The molecule has 0 aliphatic heterocycles. The van der Waals surface area contributed by atoms with Gasteiger partial charge in [-0.15, -0.1) is 0 Å². The highest BCUT2D eigenvalue weighted by Gasteiger charge is 2.38. The Balaban J connectivity index is 1.77. The SMILES string of the molecule is Cc1ccc(CCC(O)Cc2ccccc2C(=O)N(CCO)C2(C)CCCC2)c(C(=O)N(CCO)C(C)(C)C)c1. The van der Waals surface area contributed by atoms with Crippen LogP contribution in [0.5, 0.6) is 0 Å². The van der Waals surface area contributed by atoms with Crippen molar-refractivity contribution in [3.63, 3.8) is 0 Å². The maximum atomic E-state index is 13.7. The molecule has 1 fully saturated rings. The second kappa shape index (κ2) is 13.7. The summed E-state index contributed by atoms with van der Waals surface area (Å²) in [7, 11) is 0. The second-order valence-corrected chi connectivity index (χ2v) is 12.5. The first-order valence-electron chi connectivity index (χ1n) is 14.6. The van der Waals surface area contributed by atoms with Crippen LogP contribution in [0.15, 0.2) is 42.5 Å². The molecule has 1 atom stereocenters. The van der Waals surface area contributed by atoms with Crippen LogP contribution in [0.1, 0.15) is 97.2 Å². The fourth-order valence-electron chi connectivity index (χ4n) is 5.95. The number of aryl methyl sites for hydroxylation is 2. The molecule has 220 valence electrons. The number of hydrogen-bond donors (Lipinski definition) is 3. The molecule has 0 saturated heterocycles. The molecule has 1 unspecified atom stereocenters. The first-order chi connectivity index (χ1) is 18.9. The summed E-state index contributed by atoms with van der Waals surface area (Å²) in [4.78, 5) is 30.8. The highest BCUT2D eigenvalue weighted by atomic mass is 16.3. The number of aliphatic hydroxyl groups is 3. The molecule has 1 aliphatic carbocycles. The Kier molecular flexibility index (Phi) is 10.9. The Morgan fingerprint density at radius 2 is 1.57 bits per heavy atom. The van der Waals surface area contributed by atoms with Gasteiger partial charge in [0.05, 0.1) is 19.3 Å². The highest BCUT2D eigenvalue weighted by Crippen LogP contribution is 2.36. The van der Waals surface area contributed by atoms with E-state index >= 15 is 0 Å². The molecule has 0 heterocycles. The molecule has 2 aromatic carbocycles. The number of hydrogen-bond acceptors (Lipinski definition) is 5. The van der Waals surface area contributed by atoms with Gasteiger partial charge in [0.25, 0.3) is 11.8 Å². The summed E-state index contributed by atoms with van der Waals surface area (Å²) >= 11 is 0. The minimum Gasteiger partial charge on any atom is -0.395 e. The van der Waals surface area contributed by atoms with Gasteiger partial charge in [0.1, 0.15) is 0 Å². The van der Waals surface area contributed by atoms with Gasteiger partial charge in [0, 0.05) is 35.3 Å². The van der Waals surface area contributed by atoms with Crippen LogP contribution >= 0.6 is 0 Å². The van der Waals surface area contributed by atoms with E-state index in [0.717, 1.165) is 42.4 Å². The lowest BCUT2D eigenvalue weighted by Crippen LogP contribution is -2.49. The molecule has 1 saturated carbocycles. The zero-order valence-electron chi connectivity index (χ0n) is 24.9. The molecule has 1 aliphatic rings. The van der Waals surface area contributed by atoms with E-state index in [-0.39, 0.29) is 43.7 Å². The Labute approximate surface area is 239 Å². The average molecular weight is 553 g/mol. The van der Waals surface area contributed by atoms with Crippen molar-refractivity contribution in [2.45, 2.75) is 96.7 Å². The number of amides is 2. The van der Waals surface area contributed by atoms with Crippen molar-refractivity contribution in [1.82, 2.24) is 9.80 Å². The number of aliphatic hydroxyl groups excluding tert-OH is 3. The zero-order valence-corrected chi connectivity index (χ0v) is 24.9. The number of nitrogens with zero attached hydrogens (tertiary/aromatic N) is 2. The first kappa shape index (κ1) is 31.8. The Morgan fingerprint density at radius 1 is 0.925 bits per heavy atom. The summed E-state index contributed by atoms with van der Waals surface area (Å²) in [6.45, 7) is 10.2. The molecule has 7 heteroatoms. The van der Waals surface area contributed by atoms with Gasteiger partial charge in [-0.05, 0) is 90.0 Å². The van der Waals surface area contributed by atoms with Crippen LogP contribution in [0.2, 0.25) is 0 Å². The number of carbonyl (C=O) groups excluding carboxylic acids is 2. The molecule has 3 rings (SSSR count). The molecular weight excluding hydrogens is 504 g/mol. The first-order valence-corrected chi connectivity index (χ1v) is 14.6. The summed E-state index contributed by atoms with van der Waals surface area (Å²) < 4.78 is 0. The van der Waals surface area contributed by atoms with Crippen molar-refractivity contribution in [3.8, 4) is 0 Å². The minimum absolute atomic E-state index is 0.0886. The lowest BCUT2D eigenvalue weighted by Gasteiger charge is -2.39. The number of rotatable bonds is 12. The summed E-state index contributed by atoms with van der Waals surface area (Å²) in [5.41, 5.74) is 3.06. The van der Waals surface area contributed by atoms with Crippen LogP contribution in [-0.4, -0.2) is 80.4 Å². The van der Waals surface area contributed by atoms with Gasteiger partial charge in [-0.3, -0.25) is 9.59 Å². The molecule has 0 spiro atoms. The Bertz CT molecular complexity index is 1150. The lowest BCUT2D eigenvalue weighted by molar-refractivity contribution is 0.0458. The van der Waals surface area contributed by atoms with Crippen LogP contribution in [0, 0.1) is 6.92 Å². The van der Waals surface area contributed by atoms with E-state index < -0.39 is 11.6 Å². The van der Waals surface area contributed by atoms with Crippen LogP contribution in [-0.2, 0) is 12.8 Å². The van der Waals surface area contributed by atoms with E-state index in [1.165, 1.54) is 0 Å². The topological polar surface area (TPSA) is 101 Å². The summed E-state index contributed by atoms with van der Waals surface area (Å²) in [5, 5.41) is 30.4. The second-order valence-electron chi connectivity index (χ2n) is 12.5. The largest absolute Gasteiger partial charge is 0.395 e. The van der Waals surface area contributed by atoms with E-state index in [0.29, 0.717) is 30.4 Å². The van der Waals surface area contributed by atoms with Gasteiger partial charge in [0.15, 0.2) is 0 Å². The molecule has 0 aromatic heterocycles. The van der Waals surface area contributed by atoms with Gasteiger partial charge in [0.2, 0.25) is 0 Å². The van der Waals surface area contributed by atoms with Crippen molar-refractivity contribution in [2.75, 3.05) is 26.3 Å². The van der Waals surface area contributed by atoms with Gasteiger partial charge >= 0.3 is 0 Å². The van der Waals surface area contributed by atoms with Crippen LogP contribution in [0.25, 0.3) is 0 Å². The van der Waals surface area contributed by atoms with Gasteiger partial charge in [-0.25, -0.2) is 0 Å². The van der Waals surface area contributed by atoms with Gasteiger partial charge < -0.3 is 25.1 Å². The fraction of sp³-hybridized carbons (Fsp3) is 0.576. The minimum atomic E-state index is -0.706. The quantitative estimate of drug-likeness (QED) is 0.359. The van der Waals surface area contributed by atoms with Gasteiger partial charge in [-0.1, -0.05) is 48.7 Å². The standard InChI is InChI=1S/C33H48N2O5/c1-24-12-13-25(29(22-24)31(40)34(18-20-36)32(2,3)4)14-15-27(38)23-26-10-6-7-11-28(26)30(39)35(19-21-37)33(5)16-8-9-17-33/h6-7,10-13,22,27,36-38H,8-9,14-21,23H2,1-5H3. The van der Waals surface area contributed by atoms with Crippen molar-refractivity contribution in [2.24, 2.45) is 0 Å². The van der Waals surface area contributed by atoms with Gasteiger partial charge in [-0.2, -0.15) is 0 Å². The predicted octanol–water partition coefficient (Wildman–Crippen LogP) is 4.53. The molecule has 2 aromatic rings. The van der Waals surface area contributed by atoms with Crippen LogP contribution < -0.4 is 0 Å². The summed E-state index contributed by atoms with van der Waals surface area (Å²) in [6.07, 6.45) is 4.54. The molecule has 40 heavy (non-hydrogen) atoms. The smallest absolute Gasteiger partial charge is 0.254 e. The van der Waals surface area contributed by atoms with Crippen molar-refractivity contribution in [1.29, 1.82) is 0 Å². The van der Waals surface area contributed by atoms with E-state index in [1.54, 1.807) is 4.90 Å². The molecule has 7 nitrogen and oxygen atoms in total. The number of carbonyl (C=O) groups is 2. The fourth-order valence-corrected chi connectivity index (χ4v) is 5.95. The third-order valence-electron chi connectivity index (χ3n) is 8.23. The van der Waals surface area contributed by atoms with E-state index in [1.807, 2.05) is 75.1 Å². The maximum absolute atomic E-state index is 13.7. The monoisotopic (exact) mass is 552 g/mol. The van der Waals surface area contributed by atoms with Crippen molar-refractivity contribution >= 4 is 11.8 Å². The average Bonchev–Trinajstić information content (AvgIpc) is 3.35. The Hall–Kier alpha value is -2.74.